The minimum absolute atomic E-state index is 0.0413. The lowest BCUT2D eigenvalue weighted by atomic mass is 9.98. The SMILES string of the molecule is CCCCCCCCCCCCCCCCCCOc1cc(COC(=O)c2ccccc2-c2cccc(C(=O)OC)c2)cc(OCCCCCCCCCCCCCCCCCC)c1OCCCCCCCCCCCCCCCCCC. The fourth-order valence-corrected chi connectivity index (χ4v) is 11.6. The number of unbranched alkanes of at least 4 members (excludes halogenated alkanes) is 45. The van der Waals surface area contributed by atoms with Gasteiger partial charge >= 0.3 is 11.9 Å². The fourth-order valence-electron chi connectivity index (χ4n) is 11.6. The van der Waals surface area contributed by atoms with Crippen LogP contribution >= 0.6 is 0 Å². The first-order chi connectivity index (χ1) is 41.0. The molecule has 0 aliphatic rings. The Kier molecular flexibility index (Phi) is 47.2. The lowest BCUT2D eigenvalue weighted by Crippen LogP contribution is -2.09. The summed E-state index contributed by atoms with van der Waals surface area (Å²) in [5.74, 6) is 1.13. The molecule has 3 rings (SSSR count). The number of ether oxygens (including phenoxy) is 5. The zero-order valence-corrected chi connectivity index (χ0v) is 54.4. The molecule has 0 N–H and O–H groups in total. The number of rotatable bonds is 59. The Bertz CT molecular complexity index is 1920. The maximum absolute atomic E-state index is 14.0. The molecule has 0 bridgehead atoms. The van der Waals surface area contributed by atoms with E-state index in [0.717, 1.165) is 49.7 Å². The first kappa shape index (κ1) is 73.3. The van der Waals surface area contributed by atoms with Crippen molar-refractivity contribution in [3.05, 3.63) is 77.4 Å². The van der Waals surface area contributed by atoms with Crippen LogP contribution in [0.5, 0.6) is 17.2 Å². The third-order valence-corrected chi connectivity index (χ3v) is 16.9. The minimum Gasteiger partial charge on any atom is -0.490 e. The molecule has 3 aromatic carbocycles. The molecule has 3 aromatic rings. The summed E-state index contributed by atoms with van der Waals surface area (Å²) in [6.45, 7) is 8.71. The van der Waals surface area contributed by atoms with E-state index in [1.807, 2.05) is 36.4 Å². The number of carbonyl (C=O) groups is 2. The van der Waals surface area contributed by atoms with Gasteiger partial charge in [-0.15, -0.1) is 0 Å². The van der Waals surface area contributed by atoms with Crippen molar-refractivity contribution >= 4 is 11.9 Å². The number of benzene rings is 3. The lowest BCUT2D eigenvalue weighted by Gasteiger charge is -2.19. The van der Waals surface area contributed by atoms with Crippen LogP contribution in [-0.4, -0.2) is 38.9 Å². The van der Waals surface area contributed by atoms with Crippen molar-refractivity contribution in [2.75, 3.05) is 26.9 Å². The van der Waals surface area contributed by atoms with Gasteiger partial charge in [0.2, 0.25) is 5.75 Å². The van der Waals surface area contributed by atoms with E-state index in [9.17, 15) is 9.59 Å². The Morgan fingerprint density at radius 2 is 0.663 bits per heavy atom. The lowest BCUT2D eigenvalue weighted by molar-refractivity contribution is 0.0472. The highest BCUT2D eigenvalue weighted by Crippen LogP contribution is 2.40. The molecular weight excluding hydrogens is 1020 g/mol. The van der Waals surface area contributed by atoms with E-state index in [-0.39, 0.29) is 6.61 Å². The summed E-state index contributed by atoms with van der Waals surface area (Å²) in [6.07, 6.45) is 63.7. The predicted molar refractivity (Wildman–Crippen MR) is 354 cm³/mol. The van der Waals surface area contributed by atoms with Gasteiger partial charge in [0, 0.05) is 0 Å². The Morgan fingerprint density at radius 3 is 1.01 bits per heavy atom. The van der Waals surface area contributed by atoms with E-state index < -0.39 is 11.9 Å². The highest BCUT2D eigenvalue weighted by atomic mass is 16.5. The molecule has 472 valence electrons. The van der Waals surface area contributed by atoms with Crippen molar-refractivity contribution in [1.29, 1.82) is 0 Å². The summed E-state index contributed by atoms with van der Waals surface area (Å²) in [5, 5.41) is 0. The number of methoxy groups -OCH3 is 1. The van der Waals surface area contributed by atoms with Gasteiger partial charge in [-0.05, 0) is 66.3 Å². The van der Waals surface area contributed by atoms with Crippen LogP contribution < -0.4 is 14.2 Å². The largest absolute Gasteiger partial charge is 0.490 e. The molecule has 0 aliphatic heterocycles. The molecule has 0 saturated heterocycles. The molecular formula is C76H126O7. The van der Waals surface area contributed by atoms with Gasteiger partial charge in [0.05, 0.1) is 38.1 Å². The Morgan fingerprint density at radius 1 is 0.337 bits per heavy atom. The van der Waals surface area contributed by atoms with Crippen LogP contribution in [0.3, 0.4) is 0 Å². The second-order valence-corrected chi connectivity index (χ2v) is 24.6. The first-order valence-corrected chi connectivity index (χ1v) is 35.5. The molecule has 0 fully saturated rings. The number of hydrogen-bond acceptors (Lipinski definition) is 7. The molecule has 0 aromatic heterocycles. The van der Waals surface area contributed by atoms with Crippen LogP contribution in [0.1, 0.15) is 355 Å². The molecule has 7 heteroatoms. The van der Waals surface area contributed by atoms with Gasteiger partial charge in [-0.3, -0.25) is 0 Å². The van der Waals surface area contributed by atoms with Crippen LogP contribution in [0.4, 0.5) is 0 Å². The Hall–Kier alpha value is -4.00. The number of carbonyl (C=O) groups excluding carboxylic acids is 2. The third-order valence-electron chi connectivity index (χ3n) is 16.9. The summed E-state index contributed by atoms with van der Waals surface area (Å²) in [4.78, 5) is 26.4. The van der Waals surface area contributed by atoms with E-state index in [4.69, 9.17) is 23.7 Å². The first-order valence-electron chi connectivity index (χ1n) is 35.5. The van der Waals surface area contributed by atoms with Gasteiger partial charge in [-0.2, -0.15) is 0 Å². The molecule has 0 atom stereocenters. The third kappa shape index (κ3) is 37.9. The van der Waals surface area contributed by atoms with Crippen LogP contribution in [0.25, 0.3) is 11.1 Å². The maximum Gasteiger partial charge on any atom is 0.339 e. The predicted octanol–water partition coefficient (Wildman–Crippen LogP) is 24.4. The average Bonchev–Trinajstić information content (AvgIpc) is 3.60. The van der Waals surface area contributed by atoms with Crippen molar-refractivity contribution < 1.29 is 33.3 Å². The summed E-state index contributed by atoms with van der Waals surface area (Å²) in [6, 6.07) is 18.5. The van der Waals surface area contributed by atoms with Crippen LogP contribution in [0.2, 0.25) is 0 Å². The van der Waals surface area contributed by atoms with Gasteiger partial charge in [0.1, 0.15) is 6.61 Å². The summed E-state index contributed by atoms with van der Waals surface area (Å²) >= 11 is 0. The van der Waals surface area contributed by atoms with E-state index >= 15 is 0 Å². The second-order valence-electron chi connectivity index (χ2n) is 24.6. The Labute approximate surface area is 511 Å². The van der Waals surface area contributed by atoms with E-state index in [1.165, 1.54) is 277 Å². The van der Waals surface area contributed by atoms with Gasteiger partial charge < -0.3 is 23.7 Å². The van der Waals surface area contributed by atoms with Crippen molar-refractivity contribution in [2.45, 2.75) is 336 Å². The maximum atomic E-state index is 14.0. The standard InChI is InChI=1S/C76H126O7/c1-5-8-11-14-17-20-23-26-29-32-35-38-41-44-47-52-60-80-72-63-67(66-83-76(78)71-59-51-50-58-70(71)68-56-55-57-69(65-68)75(77)79-4)64-73(81-61-53-48-45-42-39-36-33-30-27-24-21-18-15-12-9-6-2)74(72)82-62-54-49-46-43-40-37-34-31-28-25-22-19-16-13-10-7-3/h50-51,55-59,63-65H,5-49,52-54,60-62,66H2,1-4H3. The normalized spacial score (nSPS) is 11.3. The van der Waals surface area contributed by atoms with E-state index in [2.05, 4.69) is 20.8 Å². The molecule has 0 aliphatic carbocycles. The van der Waals surface area contributed by atoms with E-state index in [0.29, 0.717) is 53.8 Å². The smallest absolute Gasteiger partial charge is 0.339 e. The summed E-state index contributed by atoms with van der Waals surface area (Å²) in [7, 11) is 1.37. The molecule has 83 heavy (non-hydrogen) atoms. The van der Waals surface area contributed by atoms with Crippen LogP contribution in [0, 0.1) is 0 Å². The van der Waals surface area contributed by atoms with Crippen molar-refractivity contribution in [1.82, 2.24) is 0 Å². The van der Waals surface area contributed by atoms with Gasteiger partial charge in [0.25, 0.3) is 0 Å². The Balaban J connectivity index is 1.62. The van der Waals surface area contributed by atoms with Gasteiger partial charge in [-0.25, -0.2) is 9.59 Å². The quantitative estimate of drug-likeness (QED) is 0.0411. The second kappa shape index (κ2) is 53.5. The van der Waals surface area contributed by atoms with Crippen molar-refractivity contribution in [3.8, 4) is 28.4 Å². The number of esters is 2. The van der Waals surface area contributed by atoms with Gasteiger partial charge in [0.15, 0.2) is 11.5 Å². The molecule has 0 spiro atoms. The van der Waals surface area contributed by atoms with Crippen LogP contribution in [0.15, 0.2) is 60.7 Å². The summed E-state index contributed by atoms with van der Waals surface area (Å²) in [5.41, 5.74) is 3.06. The highest BCUT2D eigenvalue weighted by molar-refractivity contribution is 5.98. The molecule has 0 radical (unpaired) electrons. The molecule has 0 saturated carbocycles. The monoisotopic (exact) mass is 1150 g/mol. The van der Waals surface area contributed by atoms with E-state index in [1.54, 1.807) is 24.3 Å². The van der Waals surface area contributed by atoms with Crippen molar-refractivity contribution in [2.24, 2.45) is 0 Å². The molecule has 0 amide bonds. The highest BCUT2D eigenvalue weighted by Gasteiger charge is 2.20. The van der Waals surface area contributed by atoms with Gasteiger partial charge in [-0.1, -0.05) is 340 Å². The summed E-state index contributed by atoms with van der Waals surface area (Å²) < 4.78 is 31.2. The minimum atomic E-state index is -0.445. The molecule has 7 nitrogen and oxygen atoms in total. The average molecular weight is 1150 g/mol. The zero-order valence-electron chi connectivity index (χ0n) is 54.4. The topological polar surface area (TPSA) is 80.3 Å². The molecule has 0 unspecified atom stereocenters. The number of hydrogen-bond donors (Lipinski definition) is 0. The van der Waals surface area contributed by atoms with Crippen LogP contribution in [-0.2, 0) is 16.1 Å². The zero-order chi connectivity index (χ0) is 59.1. The van der Waals surface area contributed by atoms with Crippen molar-refractivity contribution in [3.63, 3.8) is 0 Å². The molecule has 0 heterocycles. The fraction of sp³-hybridized carbons (Fsp3) is 0.737.